The molecule has 3 unspecified atom stereocenters. The Labute approximate surface area is 208 Å². The number of carboxylic acid groups (broad SMARTS) is 1. The highest BCUT2D eigenvalue weighted by molar-refractivity contribution is 5.93. The van der Waals surface area contributed by atoms with Gasteiger partial charge in [0.2, 0.25) is 5.91 Å². The van der Waals surface area contributed by atoms with Gasteiger partial charge in [-0.25, -0.2) is 9.59 Å². The molecule has 0 spiro atoms. The first-order chi connectivity index (χ1) is 17.2. The van der Waals surface area contributed by atoms with Gasteiger partial charge >= 0.3 is 12.0 Å². The SMILES string of the molecule is CC1=C(C(=O)O)C(c2cccc([N+](=O)[O-])c2)N(CCCN(C)C(=O)C2CC2c2ccccc2)C(=O)N1. The quantitative estimate of drug-likeness (QED) is 0.405. The number of carbonyl (C=O) groups is 3. The number of hydrogen-bond donors (Lipinski definition) is 2. The minimum Gasteiger partial charge on any atom is -0.478 e. The number of aliphatic carboxylic acids is 1. The van der Waals surface area contributed by atoms with Crippen LogP contribution in [0.15, 0.2) is 65.9 Å². The molecule has 2 aliphatic rings. The molecular weight excluding hydrogens is 464 g/mol. The van der Waals surface area contributed by atoms with Gasteiger partial charge in [0.1, 0.15) is 0 Å². The number of urea groups is 1. The zero-order chi connectivity index (χ0) is 26.0. The fourth-order valence-corrected chi connectivity index (χ4v) is 4.85. The highest BCUT2D eigenvalue weighted by atomic mass is 16.6. The second kappa shape index (κ2) is 10.2. The molecule has 1 aliphatic heterocycles. The smallest absolute Gasteiger partial charge is 0.335 e. The van der Waals surface area contributed by atoms with E-state index in [2.05, 4.69) is 5.32 Å². The summed E-state index contributed by atoms with van der Waals surface area (Å²) in [7, 11) is 1.73. The number of nitrogens with one attached hydrogen (secondary N) is 1. The molecule has 188 valence electrons. The number of carbonyl (C=O) groups excluding carboxylic acids is 2. The van der Waals surface area contributed by atoms with E-state index in [1.807, 2.05) is 30.3 Å². The van der Waals surface area contributed by atoms with Crippen LogP contribution in [0.25, 0.3) is 0 Å². The number of nitro benzene ring substituents is 1. The van der Waals surface area contributed by atoms with Crippen molar-refractivity contribution in [2.24, 2.45) is 5.92 Å². The number of amides is 3. The predicted octanol–water partition coefficient (Wildman–Crippen LogP) is 3.67. The predicted molar refractivity (Wildman–Crippen MR) is 131 cm³/mol. The van der Waals surface area contributed by atoms with Crippen molar-refractivity contribution in [2.45, 2.75) is 31.7 Å². The number of hydrogen-bond acceptors (Lipinski definition) is 5. The average molecular weight is 493 g/mol. The summed E-state index contributed by atoms with van der Waals surface area (Å²) in [5.41, 5.74) is 1.43. The summed E-state index contributed by atoms with van der Waals surface area (Å²) in [6.07, 6.45) is 1.22. The van der Waals surface area contributed by atoms with Crippen LogP contribution in [0.2, 0.25) is 0 Å². The van der Waals surface area contributed by atoms with Crippen LogP contribution < -0.4 is 5.32 Å². The number of rotatable bonds is 9. The van der Waals surface area contributed by atoms with Gasteiger partial charge in [-0.05, 0) is 36.8 Å². The average Bonchev–Trinajstić information content (AvgIpc) is 3.65. The van der Waals surface area contributed by atoms with Crippen LogP contribution in [0.3, 0.4) is 0 Å². The van der Waals surface area contributed by atoms with Gasteiger partial charge in [-0.1, -0.05) is 42.5 Å². The maximum Gasteiger partial charge on any atom is 0.335 e. The maximum absolute atomic E-state index is 12.9. The highest BCUT2D eigenvalue weighted by Gasteiger charge is 2.45. The van der Waals surface area contributed by atoms with Gasteiger partial charge in [-0.3, -0.25) is 14.9 Å². The first kappa shape index (κ1) is 24.9. The summed E-state index contributed by atoms with van der Waals surface area (Å²) in [5.74, 6) is -1.01. The first-order valence-corrected chi connectivity index (χ1v) is 11.7. The molecule has 0 aromatic heterocycles. The Balaban J connectivity index is 1.46. The minimum atomic E-state index is -1.22. The summed E-state index contributed by atoms with van der Waals surface area (Å²) < 4.78 is 0. The summed E-state index contributed by atoms with van der Waals surface area (Å²) in [4.78, 5) is 51.6. The van der Waals surface area contributed by atoms with E-state index in [-0.39, 0.29) is 41.2 Å². The zero-order valence-corrected chi connectivity index (χ0v) is 20.1. The summed E-state index contributed by atoms with van der Waals surface area (Å²) in [6, 6.07) is 14.1. The molecule has 3 amide bonds. The lowest BCUT2D eigenvalue weighted by Crippen LogP contribution is -2.49. The van der Waals surface area contributed by atoms with Gasteiger partial charge in [0.05, 0.1) is 16.5 Å². The maximum atomic E-state index is 12.9. The number of carboxylic acids is 1. The van der Waals surface area contributed by atoms with Crippen molar-refractivity contribution < 1.29 is 24.4 Å². The van der Waals surface area contributed by atoms with E-state index in [1.54, 1.807) is 18.0 Å². The Morgan fingerprint density at radius 1 is 1.17 bits per heavy atom. The van der Waals surface area contributed by atoms with Crippen molar-refractivity contribution in [3.05, 3.63) is 87.1 Å². The minimum absolute atomic E-state index is 0.0455. The molecule has 1 aliphatic carbocycles. The third-order valence-electron chi connectivity index (χ3n) is 6.78. The van der Waals surface area contributed by atoms with Gasteiger partial charge in [0, 0.05) is 43.9 Å². The number of non-ortho nitro benzene ring substituents is 1. The van der Waals surface area contributed by atoms with Crippen LogP contribution in [0.5, 0.6) is 0 Å². The van der Waals surface area contributed by atoms with Crippen LogP contribution in [0.4, 0.5) is 10.5 Å². The molecule has 0 saturated heterocycles. The van der Waals surface area contributed by atoms with Crippen LogP contribution in [-0.2, 0) is 9.59 Å². The molecule has 0 bridgehead atoms. The number of nitrogens with zero attached hydrogens (tertiary/aromatic N) is 3. The van der Waals surface area contributed by atoms with E-state index >= 15 is 0 Å². The Bertz CT molecular complexity index is 1230. The Hall–Kier alpha value is -4.21. The van der Waals surface area contributed by atoms with Gasteiger partial charge in [-0.2, -0.15) is 0 Å². The molecule has 36 heavy (non-hydrogen) atoms. The summed E-state index contributed by atoms with van der Waals surface area (Å²) in [6.45, 7) is 2.04. The third kappa shape index (κ3) is 5.07. The van der Waals surface area contributed by atoms with Crippen molar-refractivity contribution in [3.8, 4) is 0 Å². The normalized spacial score (nSPS) is 21.1. The van der Waals surface area contributed by atoms with Crippen molar-refractivity contribution >= 4 is 23.6 Å². The molecule has 4 rings (SSSR count). The van der Waals surface area contributed by atoms with Crippen LogP contribution >= 0.6 is 0 Å². The third-order valence-corrected chi connectivity index (χ3v) is 6.78. The molecule has 0 radical (unpaired) electrons. The van der Waals surface area contributed by atoms with E-state index in [9.17, 15) is 29.6 Å². The Kier molecular flexibility index (Phi) is 7.05. The van der Waals surface area contributed by atoms with Crippen molar-refractivity contribution in [2.75, 3.05) is 20.1 Å². The molecular formula is C26H28N4O6. The fraction of sp³-hybridized carbons (Fsp3) is 0.346. The molecule has 10 heteroatoms. The molecule has 2 aromatic rings. The molecule has 2 aromatic carbocycles. The highest BCUT2D eigenvalue weighted by Crippen LogP contribution is 2.48. The van der Waals surface area contributed by atoms with E-state index in [0.29, 0.717) is 18.5 Å². The first-order valence-electron chi connectivity index (χ1n) is 11.7. The largest absolute Gasteiger partial charge is 0.478 e. The standard InChI is InChI=1S/C26H28N4O6/c1-16-22(25(32)33)23(18-10-6-11-19(14-18)30(35)36)29(26(34)27-16)13-7-12-28(2)24(31)21-15-20(21)17-8-4-3-5-9-17/h3-6,8-11,14,20-21,23H,7,12-13,15H2,1-2H3,(H,27,34)(H,32,33). The summed E-state index contributed by atoms with van der Waals surface area (Å²) in [5, 5.41) is 23.7. The number of allylic oxidation sites excluding steroid dienone is 1. The second-order valence-corrected chi connectivity index (χ2v) is 9.19. The van der Waals surface area contributed by atoms with Gasteiger partial charge < -0.3 is 20.2 Å². The Morgan fingerprint density at radius 3 is 2.53 bits per heavy atom. The van der Waals surface area contributed by atoms with Crippen LogP contribution in [0.1, 0.15) is 42.9 Å². The Morgan fingerprint density at radius 2 is 1.86 bits per heavy atom. The van der Waals surface area contributed by atoms with E-state index < -0.39 is 23.0 Å². The molecule has 2 N–H and O–H groups in total. The molecule has 1 heterocycles. The second-order valence-electron chi connectivity index (χ2n) is 9.19. The molecule has 10 nitrogen and oxygen atoms in total. The van der Waals surface area contributed by atoms with Gasteiger partial charge in [0.25, 0.3) is 5.69 Å². The van der Waals surface area contributed by atoms with Crippen LogP contribution in [-0.4, -0.2) is 57.9 Å². The lowest BCUT2D eigenvalue weighted by molar-refractivity contribution is -0.384. The monoisotopic (exact) mass is 492 g/mol. The topological polar surface area (TPSA) is 133 Å². The van der Waals surface area contributed by atoms with Crippen molar-refractivity contribution in [1.82, 2.24) is 15.1 Å². The lowest BCUT2D eigenvalue weighted by Gasteiger charge is -2.37. The van der Waals surface area contributed by atoms with Crippen LogP contribution in [0, 0.1) is 16.0 Å². The fourth-order valence-electron chi connectivity index (χ4n) is 4.85. The van der Waals surface area contributed by atoms with E-state index in [4.69, 9.17) is 0 Å². The molecule has 1 fully saturated rings. The molecule has 1 saturated carbocycles. The number of benzene rings is 2. The van der Waals surface area contributed by atoms with E-state index in [1.165, 1.54) is 30.0 Å². The van der Waals surface area contributed by atoms with Gasteiger partial charge in [-0.15, -0.1) is 0 Å². The lowest BCUT2D eigenvalue weighted by atomic mass is 9.93. The van der Waals surface area contributed by atoms with Gasteiger partial charge in [0.15, 0.2) is 0 Å². The summed E-state index contributed by atoms with van der Waals surface area (Å²) >= 11 is 0. The van der Waals surface area contributed by atoms with Crippen molar-refractivity contribution in [3.63, 3.8) is 0 Å². The number of nitro groups is 1. The van der Waals surface area contributed by atoms with Crippen molar-refractivity contribution in [1.29, 1.82) is 0 Å². The van der Waals surface area contributed by atoms with E-state index in [0.717, 1.165) is 12.0 Å². The zero-order valence-electron chi connectivity index (χ0n) is 20.1. The molecule has 3 atom stereocenters.